The van der Waals surface area contributed by atoms with Crippen LogP contribution in [0.1, 0.15) is 19.4 Å². The molecule has 4 nitrogen and oxygen atoms in total. The van der Waals surface area contributed by atoms with E-state index in [4.69, 9.17) is 0 Å². The second-order valence-corrected chi connectivity index (χ2v) is 4.88. The van der Waals surface area contributed by atoms with Crippen molar-refractivity contribution in [1.82, 2.24) is 9.97 Å². The molecule has 0 unspecified atom stereocenters. The quantitative estimate of drug-likeness (QED) is 0.837. The van der Waals surface area contributed by atoms with Crippen molar-refractivity contribution >= 4 is 11.7 Å². The summed E-state index contributed by atoms with van der Waals surface area (Å²) >= 11 is 0. The number of Topliss-reactive ketones (excluding diaryl/α,β-unsaturated/α-hetero) is 1. The average Bonchev–Trinajstić information content (AvgIpc) is 2.47. The van der Waals surface area contributed by atoms with Gasteiger partial charge in [0, 0.05) is 25.0 Å². The van der Waals surface area contributed by atoms with Crippen molar-refractivity contribution in [3.05, 3.63) is 42.2 Å². The first-order valence-corrected chi connectivity index (χ1v) is 6.72. The molecular weight excluding hydrogens is 250 g/mol. The van der Waals surface area contributed by atoms with E-state index in [1.54, 1.807) is 24.2 Å². The molecule has 0 aliphatic rings. The highest BCUT2D eigenvalue weighted by atomic mass is 16.1. The van der Waals surface area contributed by atoms with Crippen LogP contribution in [0.3, 0.4) is 0 Å². The average molecular weight is 269 g/mol. The first-order valence-electron chi connectivity index (χ1n) is 6.72. The first-order chi connectivity index (χ1) is 9.60. The van der Waals surface area contributed by atoms with Crippen LogP contribution in [0.25, 0.3) is 11.1 Å². The number of nitrogens with zero attached hydrogens (tertiary/aromatic N) is 3. The van der Waals surface area contributed by atoms with Gasteiger partial charge in [0.25, 0.3) is 0 Å². The van der Waals surface area contributed by atoms with Gasteiger partial charge >= 0.3 is 0 Å². The molecule has 0 amide bonds. The van der Waals surface area contributed by atoms with Gasteiger partial charge in [0.15, 0.2) is 0 Å². The van der Waals surface area contributed by atoms with Gasteiger partial charge in [0.2, 0.25) is 5.95 Å². The van der Waals surface area contributed by atoms with Gasteiger partial charge in [-0.25, -0.2) is 9.97 Å². The summed E-state index contributed by atoms with van der Waals surface area (Å²) in [6, 6.07) is 8.39. The Morgan fingerprint density at radius 1 is 1.10 bits per heavy atom. The fraction of sp³-hybridized carbons (Fsp3) is 0.312. The lowest BCUT2D eigenvalue weighted by molar-refractivity contribution is -0.115. The van der Waals surface area contributed by atoms with Crippen LogP contribution in [0.4, 0.5) is 5.95 Å². The maximum Gasteiger partial charge on any atom is 0.225 e. The highest BCUT2D eigenvalue weighted by Crippen LogP contribution is 2.19. The number of likely N-dealkylation sites (N-methyl/N-ethyl adjacent to an activating group) is 1. The van der Waals surface area contributed by atoms with Crippen LogP contribution in [-0.2, 0) is 11.2 Å². The summed E-state index contributed by atoms with van der Waals surface area (Å²) in [6.45, 7) is 4.02. The fourth-order valence-electron chi connectivity index (χ4n) is 2.01. The molecular formula is C16H19N3O. The number of carbonyl (C=O) groups is 1. The minimum absolute atomic E-state index is 0.0929. The van der Waals surface area contributed by atoms with Crippen LogP contribution < -0.4 is 4.90 Å². The Balaban J connectivity index is 2.16. The maximum absolute atomic E-state index is 11.1. The van der Waals surface area contributed by atoms with Crippen LogP contribution >= 0.6 is 0 Å². The van der Waals surface area contributed by atoms with E-state index in [1.807, 2.05) is 7.05 Å². The Morgan fingerprint density at radius 2 is 1.70 bits per heavy atom. The summed E-state index contributed by atoms with van der Waals surface area (Å²) < 4.78 is 0. The largest absolute Gasteiger partial charge is 0.337 e. The van der Waals surface area contributed by atoms with Crippen LogP contribution in [0, 0.1) is 0 Å². The Morgan fingerprint density at radius 3 is 2.20 bits per heavy atom. The van der Waals surface area contributed by atoms with Crippen molar-refractivity contribution in [2.75, 3.05) is 18.5 Å². The summed E-state index contributed by atoms with van der Waals surface area (Å²) in [5.74, 6) is 0.657. The third-order valence-corrected chi connectivity index (χ3v) is 3.13. The predicted octanol–water partition coefficient (Wildman–Crippen LogP) is 2.73. The van der Waals surface area contributed by atoms with Crippen molar-refractivity contribution < 1.29 is 4.79 Å². The zero-order valence-corrected chi connectivity index (χ0v) is 12.1. The minimum atomic E-state index is 0.0929. The second-order valence-electron chi connectivity index (χ2n) is 4.88. The van der Waals surface area contributed by atoms with Gasteiger partial charge in [-0.1, -0.05) is 31.2 Å². The van der Waals surface area contributed by atoms with E-state index in [1.165, 1.54) is 5.56 Å². The molecule has 0 aliphatic carbocycles. The number of anilines is 1. The molecule has 0 bridgehead atoms. The zero-order valence-electron chi connectivity index (χ0n) is 12.1. The molecule has 20 heavy (non-hydrogen) atoms. The van der Waals surface area contributed by atoms with Gasteiger partial charge < -0.3 is 4.90 Å². The van der Waals surface area contributed by atoms with E-state index < -0.39 is 0 Å². The van der Waals surface area contributed by atoms with Crippen LogP contribution in [-0.4, -0.2) is 29.3 Å². The highest BCUT2D eigenvalue weighted by molar-refractivity contribution is 5.80. The molecule has 104 valence electrons. The lowest BCUT2D eigenvalue weighted by Crippen LogP contribution is -2.25. The van der Waals surface area contributed by atoms with Gasteiger partial charge in [-0.15, -0.1) is 0 Å². The van der Waals surface area contributed by atoms with Crippen molar-refractivity contribution in [2.24, 2.45) is 0 Å². The topological polar surface area (TPSA) is 46.1 Å². The third kappa shape index (κ3) is 3.41. The van der Waals surface area contributed by atoms with Gasteiger partial charge in [-0.2, -0.15) is 0 Å². The lowest BCUT2D eigenvalue weighted by atomic mass is 10.1. The molecule has 1 heterocycles. The number of hydrogen-bond donors (Lipinski definition) is 0. The molecule has 0 atom stereocenters. The van der Waals surface area contributed by atoms with Crippen molar-refractivity contribution in [1.29, 1.82) is 0 Å². The third-order valence-electron chi connectivity index (χ3n) is 3.13. The van der Waals surface area contributed by atoms with E-state index in [0.717, 1.165) is 17.5 Å². The molecule has 0 spiro atoms. The Kier molecular flexibility index (Phi) is 4.45. The van der Waals surface area contributed by atoms with E-state index in [9.17, 15) is 4.79 Å². The van der Waals surface area contributed by atoms with Crippen molar-refractivity contribution in [3.8, 4) is 11.1 Å². The van der Waals surface area contributed by atoms with E-state index in [0.29, 0.717) is 12.5 Å². The Labute approximate surface area is 119 Å². The number of rotatable bonds is 5. The summed E-state index contributed by atoms with van der Waals surface area (Å²) in [5.41, 5.74) is 3.39. The second kappa shape index (κ2) is 6.28. The van der Waals surface area contributed by atoms with E-state index >= 15 is 0 Å². The molecule has 2 rings (SSSR count). The Hall–Kier alpha value is -2.23. The van der Waals surface area contributed by atoms with E-state index in [2.05, 4.69) is 41.2 Å². The van der Waals surface area contributed by atoms with Gasteiger partial charge in [-0.3, -0.25) is 4.79 Å². The smallest absolute Gasteiger partial charge is 0.225 e. The predicted molar refractivity (Wildman–Crippen MR) is 80.8 cm³/mol. The molecule has 1 aromatic heterocycles. The lowest BCUT2D eigenvalue weighted by Gasteiger charge is -2.14. The number of aryl methyl sites for hydroxylation is 1. The van der Waals surface area contributed by atoms with E-state index in [-0.39, 0.29) is 5.78 Å². The minimum Gasteiger partial charge on any atom is -0.337 e. The number of benzene rings is 1. The molecule has 0 fully saturated rings. The van der Waals surface area contributed by atoms with Crippen molar-refractivity contribution in [2.45, 2.75) is 20.3 Å². The molecule has 0 radical (unpaired) electrons. The molecule has 0 saturated carbocycles. The molecule has 0 N–H and O–H groups in total. The highest BCUT2D eigenvalue weighted by Gasteiger charge is 2.07. The summed E-state index contributed by atoms with van der Waals surface area (Å²) in [4.78, 5) is 21.4. The SMILES string of the molecule is CCc1ccc(-c2cnc(N(C)CC(C)=O)nc2)cc1. The van der Waals surface area contributed by atoms with Crippen LogP contribution in [0.5, 0.6) is 0 Å². The standard InChI is InChI=1S/C16H19N3O/c1-4-13-5-7-14(8-6-13)15-9-17-16(18-10-15)19(3)11-12(2)20/h5-10H,4,11H2,1-3H3. The molecule has 4 heteroatoms. The van der Waals surface area contributed by atoms with Gasteiger partial charge in [-0.05, 0) is 24.5 Å². The fourth-order valence-corrected chi connectivity index (χ4v) is 2.01. The number of carbonyl (C=O) groups excluding carboxylic acids is 1. The molecule has 0 saturated heterocycles. The van der Waals surface area contributed by atoms with Crippen molar-refractivity contribution in [3.63, 3.8) is 0 Å². The first kappa shape index (κ1) is 14.2. The molecule has 0 aliphatic heterocycles. The van der Waals surface area contributed by atoms with Gasteiger partial charge in [0.1, 0.15) is 5.78 Å². The number of aromatic nitrogens is 2. The Bertz CT molecular complexity index is 576. The maximum atomic E-state index is 11.1. The number of hydrogen-bond acceptors (Lipinski definition) is 4. The normalized spacial score (nSPS) is 10.3. The number of ketones is 1. The van der Waals surface area contributed by atoms with Crippen LogP contribution in [0.2, 0.25) is 0 Å². The molecule has 2 aromatic rings. The summed E-state index contributed by atoms with van der Waals surface area (Å²) in [6.07, 6.45) is 4.62. The van der Waals surface area contributed by atoms with Gasteiger partial charge in [0.05, 0.1) is 6.54 Å². The van der Waals surface area contributed by atoms with Crippen LogP contribution in [0.15, 0.2) is 36.7 Å². The zero-order chi connectivity index (χ0) is 14.5. The summed E-state index contributed by atoms with van der Waals surface area (Å²) in [7, 11) is 1.81. The summed E-state index contributed by atoms with van der Waals surface area (Å²) in [5, 5.41) is 0. The monoisotopic (exact) mass is 269 g/mol. The molecule has 1 aromatic carbocycles.